The molecule has 73 valence electrons. The molecule has 0 aromatic carbocycles. The van der Waals surface area contributed by atoms with E-state index in [1.165, 1.54) is 24.2 Å². The van der Waals surface area contributed by atoms with Gasteiger partial charge in [0.05, 0.1) is 4.88 Å². The van der Waals surface area contributed by atoms with E-state index in [9.17, 15) is 4.79 Å². The van der Waals surface area contributed by atoms with Crippen molar-refractivity contribution in [2.24, 2.45) is 0 Å². The summed E-state index contributed by atoms with van der Waals surface area (Å²) in [6.45, 7) is 0. The Morgan fingerprint density at radius 3 is 2.79 bits per heavy atom. The van der Waals surface area contributed by atoms with Crippen molar-refractivity contribution in [3.8, 4) is 0 Å². The number of ketones is 1. The van der Waals surface area contributed by atoms with E-state index in [1.807, 2.05) is 17.5 Å². The molecule has 1 aromatic heterocycles. The van der Waals surface area contributed by atoms with Crippen molar-refractivity contribution < 1.29 is 4.79 Å². The van der Waals surface area contributed by atoms with Gasteiger partial charge in [0, 0.05) is 6.15 Å². The summed E-state index contributed by atoms with van der Waals surface area (Å²) < 4.78 is 0. The van der Waals surface area contributed by atoms with Crippen LogP contribution in [0.25, 0.3) is 0 Å². The molecule has 1 aliphatic rings. The Labute approximate surface area is 88.2 Å². The lowest BCUT2D eigenvalue weighted by molar-refractivity contribution is 0.103. The van der Waals surface area contributed by atoms with Crippen molar-refractivity contribution in [1.29, 1.82) is 0 Å². The first-order chi connectivity index (χ1) is 6.38. The molecule has 3 heteroatoms. The molecule has 0 saturated heterocycles. The molecule has 0 aliphatic heterocycles. The average Bonchev–Trinajstić information content (AvgIpc) is 2.71. The molecule has 0 N–H and O–H groups in total. The SMILES string of the molecule is O=C(C1=CCCCC1)c1cccs1.[N]. The molecule has 1 aromatic rings. The van der Waals surface area contributed by atoms with E-state index < -0.39 is 0 Å². The Morgan fingerprint density at radius 1 is 1.36 bits per heavy atom. The number of nitrogens with zero attached hydrogens (tertiary/aromatic N) is 1. The Hall–Kier alpha value is -0.930. The number of carbonyl (C=O) groups is 1. The summed E-state index contributed by atoms with van der Waals surface area (Å²) in [5.41, 5.74) is 1.02. The molecule has 0 unspecified atom stereocenters. The molecule has 14 heavy (non-hydrogen) atoms. The van der Waals surface area contributed by atoms with Crippen LogP contribution in [0.15, 0.2) is 29.2 Å². The maximum Gasteiger partial charge on any atom is 0.198 e. The fourth-order valence-corrected chi connectivity index (χ4v) is 2.31. The number of hydrogen-bond acceptors (Lipinski definition) is 2. The zero-order valence-corrected chi connectivity index (χ0v) is 8.72. The van der Waals surface area contributed by atoms with Crippen LogP contribution in [-0.4, -0.2) is 5.78 Å². The third-order valence-electron chi connectivity index (χ3n) is 2.33. The van der Waals surface area contributed by atoms with Gasteiger partial charge in [0.25, 0.3) is 0 Å². The monoisotopic (exact) mass is 206 g/mol. The first kappa shape index (κ1) is 11.1. The third-order valence-corrected chi connectivity index (χ3v) is 3.20. The summed E-state index contributed by atoms with van der Waals surface area (Å²) in [5, 5.41) is 1.95. The summed E-state index contributed by atoms with van der Waals surface area (Å²) in [4.78, 5) is 12.7. The Balaban J connectivity index is 0.000000980. The second-order valence-corrected chi connectivity index (χ2v) is 4.23. The molecule has 0 saturated carbocycles. The Kier molecular flexibility index (Phi) is 4.04. The van der Waals surface area contributed by atoms with Crippen LogP contribution in [0.5, 0.6) is 0 Å². The highest BCUT2D eigenvalue weighted by Gasteiger charge is 2.14. The average molecular weight is 206 g/mol. The van der Waals surface area contributed by atoms with Gasteiger partial charge in [-0.2, -0.15) is 0 Å². The molecule has 2 nitrogen and oxygen atoms in total. The van der Waals surface area contributed by atoms with E-state index in [0.717, 1.165) is 23.3 Å². The molecule has 2 rings (SSSR count). The Morgan fingerprint density at radius 2 is 2.21 bits per heavy atom. The second-order valence-electron chi connectivity index (χ2n) is 3.28. The second kappa shape index (κ2) is 5.08. The van der Waals surface area contributed by atoms with E-state index in [4.69, 9.17) is 0 Å². The quantitative estimate of drug-likeness (QED) is 0.686. The van der Waals surface area contributed by atoms with Crippen LogP contribution in [0, 0.1) is 0 Å². The van der Waals surface area contributed by atoms with Gasteiger partial charge in [0.1, 0.15) is 0 Å². The number of Topliss-reactive ketones (excluding diaryl/α,β-unsaturated/α-hetero) is 1. The summed E-state index contributed by atoms with van der Waals surface area (Å²) in [6.07, 6.45) is 6.55. The van der Waals surface area contributed by atoms with Gasteiger partial charge >= 0.3 is 0 Å². The lowest BCUT2D eigenvalue weighted by Gasteiger charge is -2.09. The van der Waals surface area contributed by atoms with Gasteiger partial charge in [-0.15, -0.1) is 11.3 Å². The molecule has 3 radical (unpaired) electrons. The smallest absolute Gasteiger partial charge is 0.198 e. The standard InChI is InChI=1S/C11H12OS.N/c12-11(10-7-4-8-13-10)9-5-2-1-3-6-9;/h4-5,7-8H,1-3,6H2;. The van der Waals surface area contributed by atoms with Crippen LogP contribution in [0.1, 0.15) is 35.4 Å². The van der Waals surface area contributed by atoms with Crippen molar-refractivity contribution in [2.75, 3.05) is 0 Å². The minimum atomic E-state index is 0. The highest BCUT2D eigenvalue weighted by atomic mass is 32.1. The van der Waals surface area contributed by atoms with Crippen LogP contribution in [-0.2, 0) is 0 Å². The number of carbonyl (C=O) groups excluding carboxylic acids is 1. The number of hydrogen-bond donors (Lipinski definition) is 0. The maximum atomic E-state index is 11.8. The first-order valence-corrected chi connectivity index (χ1v) is 5.53. The predicted molar refractivity (Wildman–Crippen MR) is 57.3 cm³/mol. The van der Waals surface area contributed by atoms with Gasteiger partial charge in [-0.05, 0) is 42.7 Å². The van der Waals surface area contributed by atoms with Crippen molar-refractivity contribution in [1.82, 2.24) is 6.15 Å². The lowest BCUT2D eigenvalue weighted by atomic mass is 9.96. The summed E-state index contributed by atoms with van der Waals surface area (Å²) in [6, 6.07) is 3.84. The van der Waals surface area contributed by atoms with Crippen molar-refractivity contribution in [3.05, 3.63) is 34.0 Å². The van der Waals surface area contributed by atoms with Crippen LogP contribution >= 0.6 is 11.3 Å². The van der Waals surface area contributed by atoms with Gasteiger partial charge in [-0.25, -0.2) is 0 Å². The fourth-order valence-electron chi connectivity index (χ4n) is 1.61. The predicted octanol–water partition coefficient (Wildman–Crippen LogP) is 2.95. The molecular weight excluding hydrogens is 194 g/mol. The zero-order chi connectivity index (χ0) is 9.10. The van der Waals surface area contributed by atoms with E-state index in [2.05, 4.69) is 6.08 Å². The van der Waals surface area contributed by atoms with Crippen molar-refractivity contribution in [2.45, 2.75) is 25.7 Å². The highest BCUT2D eigenvalue weighted by Crippen LogP contribution is 2.22. The third kappa shape index (κ3) is 2.30. The fraction of sp³-hybridized carbons (Fsp3) is 0.364. The molecule has 1 aliphatic carbocycles. The summed E-state index contributed by atoms with van der Waals surface area (Å²) >= 11 is 1.53. The maximum absolute atomic E-state index is 11.8. The van der Waals surface area contributed by atoms with Gasteiger partial charge in [-0.1, -0.05) is 12.1 Å². The van der Waals surface area contributed by atoms with Gasteiger partial charge in [0.15, 0.2) is 5.78 Å². The topological polar surface area (TPSA) is 47.6 Å². The van der Waals surface area contributed by atoms with Gasteiger partial charge < -0.3 is 0 Å². The molecule has 0 atom stereocenters. The molecule has 0 spiro atoms. The zero-order valence-electron chi connectivity index (χ0n) is 7.90. The molecule has 1 heterocycles. The van der Waals surface area contributed by atoms with E-state index in [1.54, 1.807) is 0 Å². The number of allylic oxidation sites excluding steroid dienone is 2. The van der Waals surface area contributed by atoms with Crippen LogP contribution < -0.4 is 6.15 Å². The highest BCUT2D eigenvalue weighted by molar-refractivity contribution is 7.12. The van der Waals surface area contributed by atoms with E-state index in [-0.39, 0.29) is 11.9 Å². The summed E-state index contributed by atoms with van der Waals surface area (Å²) in [5.74, 6) is 0.245. The largest absolute Gasteiger partial charge is 0.288 e. The summed E-state index contributed by atoms with van der Waals surface area (Å²) in [7, 11) is 0. The van der Waals surface area contributed by atoms with Gasteiger partial charge in [-0.3, -0.25) is 4.79 Å². The molecule has 0 bridgehead atoms. The van der Waals surface area contributed by atoms with Crippen LogP contribution in [0.2, 0.25) is 0 Å². The number of rotatable bonds is 2. The van der Waals surface area contributed by atoms with Crippen molar-refractivity contribution >= 4 is 17.1 Å². The van der Waals surface area contributed by atoms with Crippen LogP contribution in [0.3, 0.4) is 0 Å². The molecular formula is C11H12NOS. The van der Waals surface area contributed by atoms with E-state index in [0.29, 0.717) is 0 Å². The normalized spacial score (nSPS) is 15.6. The van der Waals surface area contributed by atoms with Gasteiger partial charge in [0.2, 0.25) is 0 Å². The minimum absolute atomic E-state index is 0. The minimum Gasteiger partial charge on any atom is -0.288 e. The van der Waals surface area contributed by atoms with Crippen LogP contribution in [0.4, 0.5) is 0 Å². The Bertz CT molecular complexity index is 327. The van der Waals surface area contributed by atoms with E-state index >= 15 is 0 Å². The molecule has 0 amide bonds. The molecule has 0 fully saturated rings. The number of thiophene rings is 1. The first-order valence-electron chi connectivity index (χ1n) is 4.65. The lowest BCUT2D eigenvalue weighted by Crippen LogP contribution is -2.04. The van der Waals surface area contributed by atoms with Crippen molar-refractivity contribution in [3.63, 3.8) is 0 Å².